The Balaban J connectivity index is 1.50. The van der Waals surface area contributed by atoms with E-state index in [2.05, 4.69) is 20.2 Å². The van der Waals surface area contributed by atoms with Crippen LogP contribution in [0.5, 0.6) is 0 Å². The summed E-state index contributed by atoms with van der Waals surface area (Å²) in [5, 5.41) is 51.9. The summed E-state index contributed by atoms with van der Waals surface area (Å²) in [6, 6.07) is 0.316. The number of ether oxygens (including phenoxy) is 1. The SMILES string of the molecule is Cc1nc(C)c([C@H](S[C@@H]2O[C@H](CO)[C@H](O)[C@H](n3cc(-c4cc(F)c(F)c(F)c4)nn3)[C@H]2O)C2(O)CCN(C)CC2)nc1C. The first-order chi connectivity index (χ1) is 20.3. The van der Waals surface area contributed by atoms with Gasteiger partial charge in [0.2, 0.25) is 0 Å². The second-order valence-electron chi connectivity index (χ2n) is 11.3. The molecule has 1 aromatic carbocycles. The van der Waals surface area contributed by atoms with Gasteiger partial charge in [0.1, 0.15) is 35.5 Å². The number of aryl methyl sites for hydroxylation is 3. The molecule has 0 unspecified atom stereocenters. The summed E-state index contributed by atoms with van der Waals surface area (Å²) in [7, 11) is 1.97. The van der Waals surface area contributed by atoms with Crippen molar-refractivity contribution in [3.63, 3.8) is 0 Å². The van der Waals surface area contributed by atoms with Crippen LogP contribution in [-0.4, -0.2) is 106 Å². The maximum absolute atomic E-state index is 13.9. The van der Waals surface area contributed by atoms with Crippen LogP contribution in [0.25, 0.3) is 11.3 Å². The Morgan fingerprint density at radius 1 is 1.02 bits per heavy atom. The fourth-order valence-electron chi connectivity index (χ4n) is 5.58. The lowest BCUT2D eigenvalue weighted by molar-refractivity contribution is -0.179. The monoisotopic (exact) mass is 624 g/mol. The van der Waals surface area contributed by atoms with Crippen LogP contribution in [0.1, 0.15) is 46.9 Å². The molecule has 0 saturated carbocycles. The van der Waals surface area contributed by atoms with Crippen LogP contribution in [0.3, 0.4) is 0 Å². The molecule has 2 aromatic heterocycles. The lowest BCUT2D eigenvalue weighted by Crippen LogP contribution is -2.56. The fourth-order valence-corrected chi connectivity index (χ4v) is 7.22. The molecule has 43 heavy (non-hydrogen) atoms. The summed E-state index contributed by atoms with van der Waals surface area (Å²) in [5.41, 5.74) is 0.147. The molecule has 6 atom stereocenters. The second kappa shape index (κ2) is 12.4. The Kier molecular flexibility index (Phi) is 9.14. The molecule has 2 saturated heterocycles. The number of halogens is 3. The molecule has 0 radical (unpaired) electrons. The molecule has 15 heteroatoms. The van der Waals surface area contributed by atoms with Crippen LogP contribution in [0.15, 0.2) is 18.3 Å². The van der Waals surface area contributed by atoms with Crippen molar-refractivity contribution < 1.29 is 38.3 Å². The molecule has 5 rings (SSSR count). The zero-order valence-electron chi connectivity index (χ0n) is 24.2. The van der Waals surface area contributed by atoms with Crippen molar-refractivity contribution in [2.45, 2.75) is 74.3 Å². The van der Waals surface area contributed by atoms with Crippen LogP contribution in [0, 0.1) is 38.2 Å². The van der Waals surface area contributed by atoms with E-state index in [4.69, 9.17) is 9.72 Å². The van der Waals surface area contributed by atoms with Gasteiger partial charge >= 0.3 is 0 Å². The van der Waals surface area contributed by atoms with Gasteiger partial charge in [-0.25, -0.2) is 17.9 Å². The van der Waals surface area contributed by atoms with Gasteiger partial charge in [-0.05, 0) is 52.8 Å². The third-order valence-electron chi connectivity index (χ3n) is 8.32. The van der Waals surface area contributed by atoms with E-state index in [0.717, 1.165) is 34.3 Å². The highest BCUT2D eigenvalue weighted by Crippen LogP contribution is 2.49. The summed E-state index contributed by atoms with van der Waals surface area (Å²) in [5.74, 6) is -4.44. The van der Waals surface area contributed by atoms with Crippen molar-refractivity contribution in [3.8, 4) is 11.3 Å². The van der Waals surface area contributed by atoms with Gasteiger partial charge in [0.05, 0.1) is 46.4 Å². The number of aromatic nitrogens is 5. The predicted molar refractivity (Wildman–Crippen MR) is 150 cm³/mol. The average Bonchev–Trinajstić information content (AvgIpc) is 3.45. The molecule has 4 heterocycles. The number of nitrogens with zero attached hydrogens (tertiary/aromatic N) is 6. The summed E-state index contributed by atoms with van der Waals surface area (Å²) in [4.78, 5) is 11.5. The fraction of sp³-hybridized carbons (Fsp3) is 0.571. The maximum atomic E-state index is 13.9. The highest BCUT2D eigenvalue weighted by atomic mass is 32.2. The van der Waals surface area contributed by atoms with Gasteiger partial charge in [0.25, 0.3) is 0 Å². The minimum atomic E-state index is -1.62. The molecule has 234 valence electrons. The molecule has 2 aliphatic rings. The van der Waals surface area contributed by atoms with E-state index in [1.165, 1.54) is 6.20 Å². The maximum Gasteiger partial charge on any atom is 0.194 e. The summed E-state index contributed by atoms with van der Waals surface area (Å²) >= 11 is 1.12. The molecular formula is C28H35F3N6O5S. The van der Waals surface area contributed by atoms with Crippen LogP contribution in [-0.2, 0) is 4.74 Å². The van der Waals surface area contributed by atoms with Crippen molar-refractivity contribution in [2.24, 2.45) is 0 Å². The molecule has 3 aromatic rings. The van der Waals surface area contributed by atoms with Crippen molar-refractivity contribution in [1.82, 2.24) is 29.9 Å². The second-order valence-corrected chi connectivity index (χ2v) is 12.5. The first-order valence-electron chi connectivity index (χ1n) is 13.9. The Morgan fingerprint density at radius 3 is 2.28 bits per heavy atom. The topological polar surface area (TPSA) is 150 Å². The number of hydrogen-bond acceptors (Lipinski definition) is 11. The quantitative estimate of drug-likeness (QED) is 0.286. The molecule has 4 N–H and O–H groups in total. The largest absolute Gasteiger partial charge is 0.394 e. The summed E-state index contributed by atoms with van der Waals surface area (Å²) < 4.78 is 48.4. The van der Waals surface area contributed by atoms with Crippen LogP contribution in [0.2, 0.25) is 0 Å². The van der Waals surface area contributed by atoms with E-state index < -0.39 is 64.7 Å². The Bertz CT molecular complexity index is 1450. The van der Waals surface area contributed by atoms with E-state index in [1.807, 2.05) is 20.9 Å². The predicted octanol–water partition coefficient (Wildman–Crippen LogP) is 1.99. The first kappa shape index (κ1) is 31.8. The van der Waals surface area contributed by atoms with E-state index in [-0.39, 0.29) is 11.3 Å². The molecule has 0 aliphatic carbocycles. The van der Waals surface area contributed by atoms with Gasteiger partial charge < -0.3 is 30.1 Å². The van der Waals surface area contributed by atoms with Gasteiger partial charge in [-0.1, -0.05) is 5.21 Å². The number of aliphatic hydroxyl groups excluding tert-OH is 3. The van der Waals surface area contributed by atoms with Gasteiger partial charge in [-0.2, -0.15) is 0 Å². The van der Waals surface area contributed by atoms with Gasteiger partial charge in [0.15, 0.2) is 17.5 Å². The number of likely N-dealkylation sites (tertiary alicyclic amines) is 1. The minimum Gasteiger partial charge on any atom is -0.394 e. The number of piperidine rings is 1. The van der Waals surface area contributed by atoms with Crippen molar-refractivity contribution in [2.75, 3.05) is 26.7 Å². The molecule has 2 aliphatic heterocycles. The van der Waals surface area contributed by atoms with E-state index in [1.54, 1.807) is 6.92 Å². The normalized spacial score (nSPS) is 26.9. The lowest BCUT2D eigenvalue weighted by Gasteiger charge is -2.46. The zero-order chi connectivity index (χ0) is 31.2. The molecule has 11 nitrogen and oxygen atoms in total. The Labute approximate surface area is 250 Å². The van der Waals surface area contributed by atoms with E-state index in [9.17, 15) is 33.6 Å². The molecule has 2 fully saturated rings. The van der Waals surface area contributed by atoms with Crippen molar-refractivity contribution in [1.29, 1.82) is 0 Å². The van der Waals surface area contributed by atoms with Gasteiger partial charge in [-0.3, -0.25) is 9.97 Å². The Morgan fingerprint density at radius 2 is 1.65 bits per heavy atom. The molecule has 0 spiro atoms. The molecular weight excluding hydrogens is 589 g/mol. The standard InChI is InChI=1S/C28H35F3N6O5S/c1-13-14(2)33-22(15(3)32-13)26(28(41)5-7-36(4)8-6-28)43-27-25(40)23(24(39)20(12-38)42-27)37-11-19(34-35-37)16-9-17(29)21(31)18(30)10-16/h9-11,20,23-27,38-41H,5-8,12H2,1-4H3/t20-,23+,24+,25-,26+,27+/m1/s1. The number of aliphatic hydroxyl groups is 4. The lowest BCUT2D eigenvalue weighted by atomic mass is 9.86. The van der Waals surface area contributed by atoms with E-state index in [0.29, 0.717) is 43.0 Å². The number of hydrogen-bond donors (Lipinski definition) is 4. The summed E-state index contributed by atoms with van der Waals surface area (Å²) in [6.45, 7) is 6.14. The summed E-state index contributed by atoms with van der Waals surface area (Å²) in [6.07, 6.45) is -1.96. The molecule has 0 amide bonds. The highest BCUT2D eigenvalue weighted by Gasteiger charge is 2.50. The minimum absolute atomic E-state index is 0.0343. The van der Waals surface area contributed by atoms with Crippen molar-refractivity contribution in [3.05, 3.63) is 58.6 Å². The first-order valence-corrected chi connectivity index (χ1v) is 14.8. The van der Waals surface area contributed by atoms with Crippen molar-refractivity contribution >= 4 is 11.8 Å². The smallest absolute Gasteiger partial charge is 0.194 e. The third kappa shape index (κ3) is 6.16. The molecule has 0 bridgehead atoms. The Hall–Kier alpha value is -2.66. The zero-order valence-corrected chi connectivity index (χ0v) is 25.0. The number of thioether (sulfide) groups is 1. The third-order valence-corrected chi connectivity index (χ3v) is 9.91. The van der Waals surface area contributed by atoms with Gasteiger partial charge in [0, 0.05) is 18.7 Å². The van der Waals surface area contributed by atoms with Gasteiger partial charge in [-0.15, -0.1) is 16.9 Å². The van der Waals surface area contributed by atoms with Crippen LogP contribution >= 0.6 is 11.8 Å². The average molecular weight is 625 g/mol. The van der Waals surface area contributed by atoms with Crippen LogP contribution < -0.4 is 0 Å². The number of rotatable bonds is 7. The van der Waals surface area contributed by atoms with E-state index >= 15 is 0 Å². The highest BCUT2D eigenvalue weighted by molar-refractivity contribution is 8.00. The van der Waals surface area contributed by atoms with Crippen LogP contribution in [0.4, 0.5) is 13.2 Å². The number of benzene rings is 1.